The minimum Gasteiger partial charge on any atom is -0.463 e. The third kappa shape index (κ3) is 6.46. The number of allylic oxidation sites excluding steroid dienone is 1. The summed E-state index contributed by atoms with van der Waals surface area (Å²) in [4.78, 5) is 10.9. The Morgan fingerprint density at radius 3 is 2.85 bits per heavy atom. The third-order valence-corrected chi connectivity index (χ3v) is 2.39. The smallest absolute Gasteiger partial charge is 0.330 e. The van der Waals surface area contributed by atoms with Crippen molar-refractivity contribution in [1.82, 2.24) is 0 Å². The van der Waals surface area contributed by atoms with Crippen molar-refractivity contribution in [3.05, 3.63) is 24.8 Å². The van der Waals surface area contributed by atoms with Crippen LogP contribution >= 0.6 is 11.8 Å². The summed E-state index contributed by atoms with van der Waals surface area (Å²) >= 11 is 1.69. The summed E-state index contributed by atoms with van der Waals surface area (Å²) in [5, 5.41) is 0.321. The van der Waals surface area contributed by atoms with E-state index in [0.29, 0.717) is 11.9 Å². The largest absolute Gasteiger partial charge is 0.463 e. The van der Waals surface area contributed by atoms with Crippen molar-refractivity contribution in [1.29, 1.82) is 0 Å². The van der Waals surface area contributed by atoms with E-state index in [0.717, 1.165) is 6.42 Å². The molecule has 0 bridgehead atoms. The monoisotopic (exact) mass is 200 g/mol. The fourth-order valence-electron chi connectivity index (χ4n) is 0.794. The Labute approximate surface area is 84.0 Å². The number of ether oxygens (including phenoxy) is 1. The van der Waals surface area contributed by atoms with Gasteiger partial charge in [-0.05, 0) is 19.6 Å². The molecule has 0 saturated heterocycles. The molecule has 0 N–H and O–H groups in total. The number of hydrogen-bond donors (Lipinski definition) is 0. The van der Waals surface area contributed by atoms with Crippen molar-refractivity contribution in [3.8, 4) is 0 Å². The van der Waals surface area contributed by atoms with Crippen LogP contribution in [0.15, 0.2) is 24.8 Å². The minimum absolute atomic E-state index is 0.273. The molecule has 0 aliphatic carbocycles. The molecule has 0 aromatic heterocycles. The Hall–Kier alpha value is -0.700. The average Bonchev–Trinajstić information content (AvgIpc) is 2.12. The number of carbonyl (C=O) groups is 1. The highest BCUT2D eigenvalue weighted by Crippen LogP contribution is 2.12. The molecular weight excluding hydrogens is 184 g/mol. The average molecular weight is 200 g/mol. The lowest BCUT2D eigenvalue weighted by Gasteiger charge is -2.04. The third-order valence-electron chi connectivity index (χ3n) is 1.44. The first-order valence-corrected chi connectivity index (χ1v) is 5.52. The normalized spacial score (nSPS) is 12.8. The molecule has 0 aliphatic heterocycles. The first-order chi connectivity index (χ1) is 6.24. The lowest BCUT2D eigenvalue weighted by Crippen LogP contribution is -2.02. The van der Waals surface area contributed by atoms with Gasteiger partial charge < -0.3 is 4.74 Å². The number of esters is 1. The van der Waals surface area contributed by atoms with Crippen molar-refractivity contribution < 1.29 is 9.53 Å². The highest BCUT2D eigenvalue weighted by Gasteiger charge is 2.00. The van der Waals surface area contributed by atoms with Crippen LogP contribution in [0.5, 0.6) is 0 Å². The van der Waals surface area contributed by atoms with Gasteiger partial charge in [0.15, 0.2) is 0 Å². The zero-order valence-corrected chi connectivity index (χ0v) is 8.97. The number of hydrogen-bond acceptors (Lipinski definition) is 3. The summed E-state index contributed by atoms with van der Waals surface area (Å²) < 4.78 is 4.75. The number of carbonyl (C=O) groups excluding carboxylic acids is 1. The van der Waals surface area contributed by atoms with Crippen LogP contribution < -0.4 is 0 Å². The molecule has 0 amide bonds. The minimum atomic E-state index is -0.273. The Kier molecular flexibility index (Phi) is 7.50. The molecule has 74 valence electrons. The second kappa shape index (κ2) is 7.92. The highest BCUT2D eigenvalue weighted by molar-refractivity contribution is 7.99. The van der Waals surface area contributed by atoms with Crippen LogP contribution in [0.1, 0.15) is 13.3 Å². The van der Waals surface area contributed by atoms with Gasteiger partial charge in [-0.25, -0.2) is 4.79 Å². The zero-order valence-electron chi connectivity index (χ0n) is 8.16. The summed E-state index contributed by atoms with van der Waals surface area (Å²) in [5.41, 5.74) is 0. The van der Waals surface area contributed by atoms with Gasteiger partial charge in [0.1, 0.15) is 0 Å². The zero-order chi connectivity index (χ0) is 10.1. The van der Waals surface area contributed by atoms with Gasteiger partial charge in [0, 0.05) is 11.3 Å². The van der Waals surface area contributed by atoms with Crippen LogP contribution in [0.2, 0.25) is 0 Å². The Morgan fingerprint density at radius 2 is 2.38 bits per heavy atom. The molecule has 0 aromatic carbocycles. The van der Waals surface area contributed by atoms with Crippen LogP contribution in [-0.4, -0.2) is 24.1 Å². The van der Waals surface area contributed by atoms with Gasteiger partial charge in [-0.15, -0.1) is 6.58 Å². The number of rotatable bonds is 6. The van der Waals surface area contributed by atoms with Gasteiger partial charge in [-0.2, -0.15) is 11.8 Å². The van der Waals surface area contributed by atoms with Crippen LogP contribution in [0.4, 0.5) is 0 Å². The Morgan fingerprint density at radius 1 is 1.69 bits per heavy atom. The predicted molar refractivity (Wildman–Crippen MR) is 57.9 cm³/mol. The molecular formula is C10H16O2S. The van der Waals surface area contributed by atoms with E-state index in [2.05, 4.69) is 6.58 Å². The SMILES string of the molecule is C=CCC(/C=C/C(=O)OCC)SC. The summed E-state index contributed by atoms with van der Waals surface area (Å²) in [6, 6.07) is 0. The van der Waals surface area contributed by atoms with Gasteiger partial charge in [0.05, 0.1) is 6.61 Å². The molecule has 0 heterocycles. The van der Waals surface area contributed by atoms with E-state index in [1.165, 1.54) is 6.08 Å². The molecule has 0 saturated carbocycles. The Balaban J connectivity index is 3.90. The maximum absolute atomic E-state index is 10.9. The first kappa shape index (κ1) is 12.3. The topological polar surface area (TPSA) is 26.3 Å². The molecule has 0 radical (unpaired) electrons. The van der Waals surface area contributed by atoms with Gasteiger partial charge >= 0.3 is 5.97 Å². The van der Waals surface area contributed by atoms with Crippen molar-refractivity contribution in [2.75, 3.05) is 12.9 Å². The predicted octanol–water partition coefficient (Wildman–Crippen LogP) is 2.41. The molecule has 2 nitrogen and oxygen atoms in total. The molecule has 1 unspecified atom stereocenters. The summed E-state index contributed by atoms with van der Waals surface area (Å²) in [6.07, 6.45) is 8.05. The molecule has 0 rings (SSSR count). The van der Waals surface area contributed by atoms with E-state index in [9.17, 15) is 4.79 Å². The molecule has 1 atom stereocenters. The molecule has 13 heavy (non-hydrogen) atoms. The second-order valence-corrected chi connectivity index (χ2v) is 3.49. The van der Waals surface area contributed by atoms with Gasteiger partial charge in [-0.1, -0.05) is 12.2 Å². The van der Waals surface area contributed by atoms with E-state index in [-0.39, 0.29) is 5.97 Å². The van der Waals surface area contributed by atoms with E-state index in [4.69, 9.17) is 4.74 Å². The first-order valence-electron chi connectivity index (χ1n) is 4.23. The fraction of sp³-hybridized carbons (Fsp3) is 0.500. The molecule has 0 fully saturated rings. The van der Waals surface area contributed by atoms with Gasteiger partial charge in [0.2, 0.25) is 0 Å². The molecule has 0 spiro atoms. The second-order valence-electron chi connectivity index (χ2n) is 2.41. The van der Waals surface area contributed by atoms with Crippen LogP contribution in [0.25, 0.3) is 0 Å². The number of thioether (sulfide) groups is 1. The van der Waals surface area contributed by atoms with Crippen molar-refractivity contribution in [2.45, 2.75) is 18.6 Å². The van der Waals surface area contributed by atoms with Crippen LogP contribution in [0, 0.1) is 0 Å². The van der Waals surface area contributed by atoms with E-state index >= 15 is 0 Å². The van der Waals surface area contributed by atoms with Crippen molar-refractivity contribution >= 4 is 17.7 Å². The lowest BCUT2D eigenvalue weighted by atomic mass is 10.3. The van der Waals surface area contributed by atoms with E-state index < -0.39 is 0 Å². The quantitative estimate of drug-likeness (QED) is 0.374. The van der Waals surface area contributed by atoms with Crippen molar-refractivity contribution in [2.24, 2.45) is 0 Å². The van der Waals surface area contributed by atoms with Crippen LogP contribution in [-0.2, 0) is 9.53 Å². The maximum atomic E-state index is 10.9. The standard InChI is InChI=1S/C10H16O2S/c1-4-6-9(13-3)7-8-10(11)12-5-2/h4,7-9H,1,5-6H2,2-3H3/b8-7+. The Bertz CT molecular complexity index is 187. The fourth-order valence-corrected chi connectivity index (χ4v) is 1.36. The molecule has 3 heteroatoms. The maximum Gasteiger partial charge on any atom is 0.330 e. The van der Waals surface area contributed by atoms with Crippen molar-refractivity contribution in [3.63, 3.8) is 0 Å². The van der Waals surface area contributed by atoms with E-state index in [1.54, 1.807) is 18.7 Å². The van der Waals surface area contributed by atoms with Gasteiger partial charge in [0.25, 0.3) is 0 Å². The lowest BCUT2D eigenvalue weighted by molar-refractivity contribution is -0.137. The molecule has 0 aromatic rings. The summed E-state index contributed by atoms with van der Waals surface area (Å²) in [6.45, 7) is 5.87. The summed E-state index contributed by atoms with van der Waals surface area (Å²) in [5.74, 6) is -0.273. The molecule has 0 aliphatic rings. The van der Waals surface area contributed by atoms with Gasteiger partial charge in [-0.3, -0.25) is 0 Å². The van der Waals surface area contributed by atoms with Crippen LogP contribution in [0.3, 0.4) is 0 Å². The van der Waals surface area contributed by atoms with E-state index in [1.807, 2.05) is 18.4 Å². The summed E-state index contributed by atoms with van der Waals surface area (Å²) in [7, 11) is 0. The highest BCUT2D eigenvalue weighted by atomic mass is 32.2.